The van der Waals surface area contributed by atoms with Gasteiger partial charge in [-0.1, -0.05) is 18.2 Å². The molecule has 3 N–H and O–H groups in total. The quantitative estimate of drug-likeness (QED) is 0.343. The summed E-state index contributed by atoms with van der Waals surface area (Å²) in [5.74, 6) is 0.215. The third-order valence-corrected chi connectivity index (χ3v) is 3.03. The first-order chi connectivity index (χ1) is 10.5. The number of phenols is 1. The largest absolute Gasteiger partial charge is 0.619 e. The second kappa shape index (κ2) is 7.12. The third kappa shape index (κ3) is 4.52. The minimum absolute atomic E-state index is 0.215. The molecule has 0 aliphatic carbocycles. The van der Waals surface area contributed by atoms with E-state index in [0.717, 1.165) is 5.56 Å². The smallest absolute Gasteiger partial charge is 0.319 e. The lowest BCUT2D eigenvalue weighted by Gasteiger charge is -2.08. The van der Waals surface area contributed by atoms with E-state index in [2.05, 4.69) is 17.4 Å². The van der Waals surface area contributed by atoms with Crippen molar-refractivity contribution < 1.29 is 14.6 Å². The average Bonchev–Trinajstić information content (AvgIpc) is 2.49. The predicted octanol–water partition coefficient (Wildman–Crippen LogP) is 2.60. The summed E-state index contributed by atoms with van der Waals surface area (Å²) in [6.45, 7) is 3.71. The molecular formula is C16H17N3O3. The molecule has 22 heavy (non-hydrogen) atoms. The second-order valence-electron chi connectivity index (χ2n) is 4.73. The van der Waals surface area contributed by atoms with Crippen LogP contribution in [0, 0.1) is 5.21 Å². The number of carbonyl (C=O) groups excluding carboxylic acids is 1. The summed E-state index contributed by atoms with van der Waals surface area (Å²) in [6, 6.07) is 13.0. The molecule has 2 aromatic carbocycles. The topological polar surface area (TPSA) is 87.4 Å². The Labute approximate surface area is 128 Å². The van der Waals surface area contributed by atoms with Gasteiger partial charge in [0.2, 0.25) is 5.69 Å². The van der Waals surface area contributed by atoms with Gasteiger partial charge in [0, 0.05) is 24.4 Å². The summed E-state index contributed by atoms with van der Waals surface area (Å²) < 4.78 is 0.480. The first-order valence-corrected chi connectivity index (χ1v) is 6.75. The Morgan fingerprint density at radius 2 is 1.95 bits per heavy atom. The standard InChI is InChI=1S/C16H17N3O3/c1-19(22)14-4-2-3-13(11-14)18-16(21)17-10-9-12-5-7-15(20)8-6-12/h2-8,11,20H,1,9-10H2,(H2,17,18,21). The number of urea groups is 1. The van der Waals surface area contributed by atoms with Crippen LogP contribution in [0.25, 0.3) is 0 Å². The van der Waals surface area contributed by atoms with Crippen LogP contribution >= 0.6 is 0 Å². The molecule has 0 aliphatic heterocycles. The van der Waals surface area contributed by atoms with Crippen molar-refractivity contribution in [2.45, 2.75) is 6.42 Å². The Balaban J connectivity index is 1.81. The van der Waals surface area contributed by atoms with Crippen molar-refractivity contribution in [2.75, 3.05) is 11.9 Å². The Kier molecular flexibility index (Phi) is 4.98. The molecule has 0 atom stereocenters. The molecule has 0 saturated heterocycles. The van der Waals surface area contributed by atoms with Crippen LogP contribution in [-0.4, -0.2) is 29.1 Å². The minimum atomic E-state index is -0.350. The fraction of sp³-hybridized carbons (Fsp3) is 0.125. The predicted molar refractivity (Wildman–Crippen MR) is 85.7 cm³/mol. The number of carbonyl (C=O) groups is 1. The van der Waals surface area contributed by atoms with Gasteiger partial charge in [0.1, 0.15) is 12.5 Å². The van der Waals surface area contributed by atoms with E-state index < -0.39 is 0 Å². The summed E-state index contributed by atoms with van der Waals surface area (Å²) >= 11 is 0. The molecule has 6 nitrogen and oxygen atoms in total. The van der Waals surface area contributed by atoms with Crippen molar-refractivity contribution >= 4 is 24.1 Å². The molecule has 2 amide bonds. The number of phenolic OH excluding ortho intramolecular Hbond substituents is 1. The summed E-state index contributed by atoms with van der Waals surface area (Å²) in [6.07, 6.45) is 0.654. The second-order valence-corrected chi connectivity index (χ2v) is 4.73. The molecule has 6 heteroatoms. The summed E-state index contributed by atoms with van der Waals surface area (Å²) in [4.78, 5) is 11.8. The van der Waals surface area contributed by atoms with Gasteiger partial charge in [-0.2, -0.15) is 4.74 Å². The maximum atomic E-state index is 11.8. The van der Waals surface area contributed by atoms with Crippen molar-refractivity contribution in [3.05, 3.63) is 59.3 Å². The van der Waals surface area contributed by atoms with E-state index in [1.807, 2.05) is 0 Å². The highest BCUT2D eigenvalue weighted by Crippen LogP contribution is 2.16. The van der Waals surface area contributed by atoms with Crippen LogP contribution in [0.5, 0.6) is 5.75 Å². The van der Waals surface area contributed by atoms with Gasteiger partial charge < -0.3 is 20.9 Å². The van der Waals surface area contributed by atoms with E-state index in [4.69, 9.17) is 0 Å². The molecular weight excluding hydrogens is 282 g/mol. The monoisotopic (exact) mass is 299 g/mol. The van der Waals surface area contributed by atoms with Crippen LogP contribution in [0.4, 0.5) is 16.2 Å². The van der Waals surface area contributed by atoms with Gasteiger partial charge in [-0.3, -0.25) is 0 Å². The van der Waals surface area contributed by atoms with Crippen molar-refractivity contribution in [2.24, 2.45) is 0 Å². The number of nitrogens with zero attached hydrogens (tertiary/aromatic N) is 1. The molecule has 0 spiro atoms. The fourth-order valence-corrected chi connectivity index (χ4v) is 1.90. The van der Waals surface area contributed by atoms with Crippen LogP contribution in [0.3, 0.4) is 0 Å². The zero-order chi connectivity index (χ0) is 15.9. The van der Waals surface area contributed by atoms with Crippen molar-refractivity contribution in [1.29, 1.82) is 0 Å². The maximum absolute atomic E-state index is 11.8. The SMILES string of the molecule is C=[N+]([O-])c1cccc(NC(=O)NCCc2ccc(O)cc2)c1. The van der Waals surface area contributed by atoms with E-state index in [1.165, 1.54) is 0 Å². The molecule has 0 aliphatic rings. The minimum Gasteiger partial charge on any atom is -0.619 e. The van der Waals surface area contributed by atoms with Crippen LogP contribution < -0.4 is 10.6 Å². The molecule has 0 bridgehead atoms. The number of hydrogen-bond donors (Lipinski definition) is 3. The number of rotatable bonds is 5. The molecule has 0 heterocycles. The van der Waals surface area contributed by atoms with Gasteiger partial charge >= 0.3 is 6.03 Å². The number of benzene rings is 2. The first-order valence-electron chi connectivity index (χ1n) is 6.75. The Hall–Kier alpha value is -3.02. The normalized spacial score (nSPS) is 10.0. The molecule has 0 aromatic heterocycles. The molecule has 0 radical (unpaired) electrons. The Morgan fingerprint density at radius 1 is 1.23 bits per heavy atom. The van der Waals surface area contributed by atoms with Gasteiger partial charge in [-0.05, 0) is 30.2 Å². The van der Waals surface area contributed by atoms with Crippen molar-refractivity contribution in [1.82, 2.24) is 5.32 Å². The van der Waals surface area contributed by atoms with Crippen molar-refractivity contribution in [3.63, 3.8) is 0 Å². The lowest BCUT2D eigenvalue weighted by molar-refractivity contribution is -0.349. The first kappa shape index (κ1) is 15.4. The molecule has 0 fully saturated rings. The van der Waals surface area contributed by atoms with E-state index >= 15 is 0 Å². The average molecular weight is 299 g/mol. The van der Waals surface area contributed by atoms with Gasteiger partial charge in [0.25, 0.3) is 0 Å². The van der Waals surface area contributed by atoms with Gasteiger partial charge in [-0.15, -0.1) is 0 Å². The van der Waals surface area contributed by atoms with Crippen LogP contribution in [0.2, 0.25) is 0 Å². The van der Waals surface area contributed by atoms with E-state index in [0.29, 0.717) is 29.1 Å². The van der Waals surface area contributed by atoms with Crippen LogP contribution in [-0.2, 0) is 6.42 Å². The molecule has 114 valence electrons. The van der Waals surface area contributed by atoms with E-state index in [1.54, 1.807) is 48.5 Å². The fourth-order valence-electron chi connectivity index (χ4n) is 1.90. The Morgan fingerprint density at radius 3 is 2.64 bits per heavy atom. The Bertz CT molecular complexity index is 669. The zero-order valence-corrected chi connectivity index (χ0v) is 12.0. The van der Waals surface area contributed by atoms with Gasteiger partial charge in [-0.25, -0.2) is 4.79 Å². The highest BCUT2D eigenvalue weighted by molar-refractivity contribution is 5.89. The summed E-state index contributed by atoms with van der Waals surface area (Å²) in [7, 11) is 0. The van der Waals surface area contributed by atoms with Gasteiger partial charge in [0.15, 0.2) is 0 Å². The highest BCUT2D eigenvalue weighted by atomic mass is 16.5. The number of nitrogens with one attached hydrogen (secondary N) is 2. The molecule has 0 unspecified atom stereocenters. The van der Waals surface area contributed by atoms with E-state index in [-0.39, 0.29) is 11.8 Å². The maximum Gasteiger partial charge on any atom is 0.319 e. The molecule has 0 saturated carbocycles. The third-order valence-electron chi connectivity index (χ3n) is 3.03. The van der Waals surface area contributed by atoms with Gasteiger partial charge in [0.05, 0.1) is 0 Å². The lowest BCUT2D eigenvalue weighted by Crippen LogP contribution is -2.30. The molecule has 2 rings (SSSR count). The van der Waals surface area contributed by atoms with Crippen molar-refractivity contribution in [3.8, 4) is 5.75 Å². The molecule has 2 aromatic rings. The number of amides is 2. The zero-order valence-electron chi connectivity index (χ0n) is 12.0. The highest BCUT2D eigenvalue weighted by Gasteiger charge is 2.04. The summed E-state index contributed by atoms with van der Waals surface area (Å²) in [5, 5.41) is 25.7. The lowest BCUT2D eigenvalue weighted by atomic mass is 10.1. The number of aromatic hydroxyl groups is 1. The number of anilines is 1. The van der Waals surface area contributed by atoms with E-state index in [9.17, 15) is 15.1 Å². The number of hydrogen-bond acceptors (Lipinski definition) is 3. The van der Waals surface area contributed by atoms with Crippen LogP contribution in [0.1, 0.15) is 5.56 Å². The summed E-state index contributed by atoms with van der Waals surface area (Å²) in [5.41, 5.74) is 1.89. The van der Waals surface area contributed by atoms with Crippen LogP contribution in [0.15, 0.2) is 48.5 Å².